The van der Waals surface area contributed by atoms with Gasteiger partial charge < -0.3 is 15.1 Å². The molecule has 0 unspecified atom stereocenters. The molecule has 2 heterocycles. The Kier molecular flexibility index (Phi) is 4.19. The van der Waals surface area contributed by atoms with Crippen molar-refractivity contribution in [3.8, 4) is 11.5 Å². The molecule has 1 fully saturated rings. The van der Waals surface area contributed by atoms with Gasteiger partial charge in [-0.05, 0) is 36.6 Å². The molecule has 110 valence electrons. The van der Waals surface area contributed by atoms with Gasteiger partial charge in [-0.25, -0.2) is 4.79 Å². The van der Waals surface area contributed by atoms with Crippen molar-refractivity contribution in [2.75, 3.05) is 0 Å². The summed E-state index contributed by atoms with van der Waals surface area (Å²) in [5.74, 6) is 0.744. The SMILES string of the molecule is O=C(NCc1ccc(-c2ccco2)nc1)NC1CCCC1. The van der Waals surface area contributed by atoms with Crippen molar-refractivity contribution < 1.29 is 9.21 Å². The van der Waals surface area contributed by atoms with E-state index in [1.165, 1.54) is 12.8 Å². The molecule has 0 saturated heterocycles. The predicted molar refractivity (Wildman–Crippen MR) is 79.6 cm³/mol. The Morgan fingerprint density at radius 3 is 2.81 bits per heavy atom. The van der Waals surface area contributed by atoms with Gasteiger partial charge in [0, 0.05) is 18.8 Å². The van der Waals surface area contributed by atoms with Crippen molar-refractivity contribution in [1.82, 2.24) is 15.6 Å². The summed E-state index contributed by atoms with van der Waals surface area (Å²) in [6.45, 7) is 0.476. The van der Waals surface area contributed by atoms with E-state index in [0.29, 0.717) is 12.6 Å². The van der Waals surface area contributed by atoms with Crippen LogP contribution in [0.15, 0.2) is 41.1 Å². The third kappa shape index (κ3) is 3.62. The largest absolute Gasteiger partial charge is 0.463 e. The predicted octanol–water partition coefficient (Wildman–Crippen LogP) is 3.08. The van der Waals surface area contributed by atoms with Crippen molar-refractivity contribution in [1.29, 1.82) is 0 Å². The fraction of sp³-hybridized carbons (Fsp3) is 0.375. The van der Waals surface area contributed by atoms with Crippen molar-refractivity contribution >= 4 is 6.03 Å². The van der Waals surface area contributed by atoms with Crippen molar-refractivity contribution in [2.24, 2.45) is 0 Å². The Morgan fingerprint density at radius 2 is 2.14 bits per heavy atom. The van der Waals surface area contributed by atoms with Gasteiger partial charge in [-0.15, -0.1) is 0 Å². The lowest BCUT2D eigenvalue weighted by Crippen LogP contribution is -2.40. The average Bonchev–Trinajstić information content (AvgIpc) is 3.19. The second kappa shape index (κ2) is 6.43. The van der Waals surface area contributed by atoms with E-state index in [-0.39, 0.29) is 6.03 Å². The maximum absolute atomic E-state index is 11.8. The minimum absolute atomic E-state index is 0.1000. The van der Waals surface area contributed by atoms with Crippen LogP contribution in [-0.4, -0.2) is 17.1 Å². The number of carbonyl (C=O) groups excluding carboxylic acids is 1. The van der Waals surface area contributed by atoms with Crippen LogP contribution in [0.3, 0.4) is 0 Å². The summed E-state index contributed by atoms with van der Waals surface area (Å²) in [6.07, 6.45) is 7.99. The van der Waals surface area contributed by atoms with Crippen molar-refractivity contribution in [3.63, 3.8) is 0 Å². The zero-order chi connectivity index (χ0) is 14.5. The van der Waals surface area contributed by atoms with Gasteiger partial charge in [-0.2, -0.15) is 0 Å². The van der Waals surface area contributed by atoms with E-state index in [2.05, 4.69) is 15.6 Å². The van der Waals surface area contributed by atoms with E-state index in [4.69, 9.17) is 4.42 Å². The Morgan fingerprint density at radius 1 is 1.29 bits per heavy atom. The lowest BCUT2D eigenvalue weighted by Gasteiger charge is -2.12. The first kappa shape index (κ1) is 13.7. The number of nitrogens with one attached hydrogen (secondary N) is 2. The van der Waals surface area contributed by atoms with Gasteiger partial charge in [0.1, 0.15) is 5.69 Å². The number of urea groups is 1. The van der Waals surface area contributed by atoms with Crippen molar-refractivity contribution in [2.45, 2.75) is 38.3 Å². The summed E-state index contributed by atoms with van der Waals surface area (Å²) in [5.41, 5.74) is 1.76. The molecule has 0 spiro atoms. The van der Waals surface area contributed by atoms with Crippen molar-refractivity contribution in [3.05, 3.63) is 42.3 Å². The summed E-state index contributed by atoms with van der Waals surface area (Å²) in [7, 11) is 0. The number of hydrogen-bond acceptors (Lipinski definition) is 3. The number of aromatic nitrogens is 1. The Hall–Kier alpha value is -2.30. The molecule has 2 aromatic heterocycles. The monoisotopic (exact) mass is 285 g/mol. The van der Waals surface area contributed by atoms with Crippen LogP contribution in [0, 0.1) is 0 Å². The van der Waals surface area contributed by atoms with Crippen LogP contribution in [0.1, 0.15) is 31.2 Å². The number of carbonyl (C=O) groups is 1. The molecular formula is C16H19N3O2. The van der Waals surface area contributed by atoms with Crippen LogP contribution < -0.4 is 10.6 Å². The zero-order valence-electron chi connectivity index (χ0n) is 11.8. The van der Waals surface area contributed by atoms with Gasteiger partial charge in [-0.1, -0.05) is 18.9 Å². The Labute approximate surface area is 123 Å². The highest BCUT2D eigenvalue weighted by atomic mass is 16.3. The van der Waals surface area contributed by atoms with E-state index < -0.39 is 0 Å². The first-order valence-corrected chi connectivity index (χ1v) is 7.34. The topological polar surface area (TPSA) is 67.2 Å². The number of rotatable bonds is 4. The Bertz CT molecular complexity index is 572. The minimum atomic E-state index is -0.1000. The van der Waals surface area contributed by atoms with Crippen LogP contribution >= 0.6 is 0 Å². The molecule has 5 nitrogen and oxygen atoms in total. The maximum atomic E-state index is 11.8. The molecule has 1 saturated carbocycles. The lowest BCUT2D eigenvalue weighted by atomic mass is 10.2. The highest BCUT2D eigenvalue weighted by molar-refractivity contribution is 5.74. The van der Waals surface area contributed by atoms with E-state index >= 15 is 0 Å². The summed E-state index contributed by atoms with van der Waals surface area (Å²) < 4.78 is 5.29. The van der Waals surface area contributed by atoms with Gasteiger partial charge in [0.2, 0.25) is 0 Å². The first-order valence-electron chi connectivity index (χ1n) is 7.34. The highest BCUT2D eigenvalue weighted by Crippen LogP contribution is 2.18. The third-order valence-electron chi connectivity index (χ3n) is 3.74. The summed E-state index contributed by atoms with van der Waals surface area (Å²) in [5, 5.41) is 5.86. The molecule has 2 amide bonds. The molecule has 0 atom stereocenters. The van der Waals surface area contributed by atoms with Gasteiger partial charge >= 0.3 is 6.03 Å². The lowest BCUT2D eigenvalue weighted by molar-refractivity contribution is 0.236. The highest BCUT2D eigenvalue weighted by Gasteiger charge is 2.16. The summed E-state index contributed by atoms with van der Waals surface area (Å²) in [4.78, 5) is 16.1. The van der Waals surface area contributed by atoms with Crippen LogP contribution in [-0.2, 0) is 6.54 Å². The number of amides is 2. The zero-order valence-corrected chi connectivity index (χ0v) is 11.8. The molecule has 2 aromatic rings. The summed E-state index contributed by atoms with van der Waals surface area (Å²) >= 11 is 0. The normalized spacial score (nSPS) is 15.0. The van der Waals surface area contributed by atoms with E-state index in [9.17, 15) is 4.79 Å². The third-order valence-corrected chi connectivity index (χ3v) is 3.74. The number of nitrogens with zero attached hydrogens (tertiary/aromatic N) is 1. The standard InChI is InChI=1S/C16H19N3O2/c20-16(19-13-4-1-2-5-13)18-11-12-7-8-14(17-10-12)15-6-3-9-21-15/h3,6-10,13H,1-2,4-5,11H2,(H2,18,19,20). The molecule has 0 radical (unpaired) electrons. The minimum Gasteiger partial charge on any atom is -0.463 e. The number of furan rings is 1. The second-order valence-corrected chi connectivity index (χ2v) is 5.34. The number of pyridine rings is 1. The molecule has 0 aromatic carbocycles. The van der Waals surface area contributed by atoms with Gasteiger partial charge in [0.15, 0.2) is 5.76 Å². The second-order valence-electron chi connectivity index (χ2n) is 5.34. The van der Waals surface area contributed by atoms with E-state index in [0.717, 1.165) is 29.9 Å². The van der Waals surface area contributed by atoms with E-state index in [1.807, 2.05) is 24.3 Å². The molecule has 5 heteroatoms. The first-order chi connectivity index (χ1) is 10.3. The molecule has 2 N–H and O–H groups in total. The fourth-order valence-electron chi connectivity index (χ4n) is 2.59. The Balaban J connectivity index is 1.50. The maximum Gasteiger partial charge on any atom is 0.315 e. The molecule has 0 aliphatic heterocycles. The van der Waals surface area contributed by atoms with Gasteiger partial charge in [-0.3, -0.25) is 4.98 Å². The molecule has 0 bridgehead atoms. The average molecular weight is 285 g/mol. The fourth-order valence-corrected chi connectivity index (χ4v) is 2.59. The molecular weight excluding hydrogens is 266 g/mol. The molecule has 3 rings (SSSR count). The summed E-state index contributed by atoms with van der Waals surface area (Å²) in [6, 6.07) is 7.78. The van der Waals surface area contributed by atoms with Gasteiger partial charge in [0.05, 0.1) is 6.26 Å². The van der Waals surface area contributed by atoms with Crippen LogP contribution in [0.25, 0.3) is 11.5 Å². The van der Waals surface area contributed by atoms with Gasteiger partial charge in [0.25, 0.3) is 0 Å². The van der Waals surface area contributed by atoms with E-state index in [1.54, 1.807) is 12.5 Å². The quantitative estimate of drug-likeness (QED) is 0.907. The molecule has 21 heavy (non-hydrogen) atoms. The molecule has 1 aliphatic carbocycles. The van der Waals surface area contributed by atoms with Crippen LogP contribution in [0.5, 0.6) is 0 Å². The molecule has 1 aliphatic rings. The van der Waals surface area contributed by atoms with Crippen LogP contribution in [0.4, 0.5) is 4.79 Å². The smallest absolute Gasteiger partial charge is 0.315 e. The van der Waals surface area contributed by atoms with Crippen LogP contribution in [0.2, 0.25) is 0 Å². The number of hydrogen-bond donors (Lipinski definition) is 2.